The summed E-state index contributed by atoms with van der Waals surface area (Å²) in [6.07, 6.45) is -14.3. The average Bonchev–Trinajstić information content (AvgIpc) is 1.15. The third-order valence-electron chi connectivity index (χ3n) is 13.7. The molecule has 3 heterocycles. The largest absolute Gasteiger partial charge is 0.466 e. The van der Waals surface area contributed by atoms with Crippen LogP contribution < -0.4 is 26.6 Å². The number of carbonyl (C=O) groups excluding carboxylic acids is 6. The van der Waals surface area contributed by atoms with Crippen molar-refractivity contribution >= 4 is 42.1 Å². The van der Waals surface area contributed by atoms with Crippen LogP contribution in [0.25, 0.3) is 0 Å². The normalized spacial score (nSPS) is 27.2. The van der Waals surface area contributed by atoms with Crippen LogP contribution >= 0.6 is 0 Å². The highest BCUT2D eigenvalue weighted by Crippen LogP contribution is 2.35. The molecular weight excluding hydrogens is 1130 g/mol. The van der Waals surface area contributed by atoms with Crippen LogP contribution in [-0.2, 0) is 58.8 Å². The second-order valence-corrected chi connectivity index (χ2v) is 26.3. The lowest BCUT2D eigenvalue weighted by Crippen LogP contribution is -2.69. The Labute approximate surface area is 502 Å². The number of carbonyl (C=O) groups is 6. The third-order valence-corrected chi connectivity index (χ3v) is 13.7. The van der Waals surface area contributed by atoms with E-state index in [9.17, 15) is 54.2 Å². The zero-order chi connectivity index (χ0) is 64.4. The van der Waals surface area contributed by atoms with Crippen molar-refractivity contribution in [1.29, 1.82) is 0 Å². The first-order chi connectivity index (χ1) is 39.7. The number of aliphatic hydroxyl groups is 3. The number of nitrogens with one attached hydrogen (secondary N) is 5. The number of ether oxygens (including phenoxy) is 10. The van der Waals surface area contributed by atoms with E-state index in [0.29, 0.717) is 5.56 Å². The average molecular weight is 1230 g/mol. The lowest BCUT2D eigenvalue weighted by Gasteiger charge is -2.49. The Bertz CT molecular complexity index is 2530. The minimum Gasteiger partial charge on any atom is -0.466 e. The van der Waals surface area contributed by atoms with Gasteiger partial charge in [-0.1, -0.05) is 6.92 Å². The molecule has 486 valence electrons. The van der Waals surface area contributed by atoms with E-state index in [4.69, 9.17) is 47.4 Å². The first kappa shape index (κ1) is 70.4. The second-order valence-electron chi connectivity index (χ2n) is 26.3. The molecule has 3 fully saturated rings. The Morgan fingerprint density at radius 3 is 1.95 bits per heavy atom. The molecule has 86 heavy (non-hydrogen) atoms. The van der Waals surface area contributed by atoms with Gasteiger partial charge in [0.05, 0.1) is 54.9 Å². The minimum absolute atomic E-state index is 0.0724. The van der Waals surface area contributed by atoms with Gasteiger partial charge in [0, 0.05) is 38.2 Å². The molecule has 6 amide bonds. The van der Waals surface area contributed by atoms with Crippen LogP contribution in [0.4, 0.5) is 29.7 Å². The number of likely N-dealkylation sites (N-methyl/N-ethyl adjacent to an activating group) is 1. The Balaban J connectivity index is 1.51. The van der Waals surface area contributed by atoms with Crippen molar-refractivity contribution in [3.05, 3.63) is 51.8 Å². The van der Waals surface area contributed by atoms with Crippen molar-refractivity contribution in [2.75, 3.05) is 39.9 Å². The fourth-order valence-electron chi connectivity index (χ4n) is 9.91. The lowest BCUT2D eigenvalue weighted by molar-refractivity contribution is -0.384. The molecule has 0 bridgehead atoms. The zero-order valence-corrected chi connectivity index (χ0v) is 52.3. The van der Waals surface area contributed by atoms with Crippen molar-refractivity contribution in [2.24, 2.45) is 5.92 Å². The number of benzene rings is 1. The monoisotopic (exact) mass is 1220 g/mol. The Morgan fingerprint density at radius 2 is 1.36 bits per heavy atom. The maximum Gasteiger partial charge on any atom is 0.412 e. The number of hydrogen-bond donors (Lipinski definition) is 8. The lowest BCUT2D eigenvalue weighted by atomic mass is 9.83. The van der Waals surface area contributed by atoms with Gasteiger partial charge in [0.1, 0.15) is 71.0 Å². The number of non-ortho nitro benzene ring substituents is 1. The number of amides is 6. The molecule has 1 aromatic rings. The van der Waals surface area contributed by atoms with Crippen LogP contribution in [0, 0.1) is 16.0 Å². The molecule has 1 aromatic carbocycles. The number of nitro benzene ring substituents is 1. The molecule has 29 nitrogen and oxygen atoms in total. The third kappa shape index (κ3) is 21.2. The number of nitrogens with zero attached hydrogens (tertiary/aromatic N) is 3. The van der Waals surface area contributed by atoms with Gasteiger partial charge in [0.15, 0.2) is 6.29 Å². The van der Waals surface area contributed by atoms with Gasteiger partial charge in [0.25, 0.3) is 5.69 Å². The topological polar surface area (TPSA) is 365 Å². The van der Waals surface area contributed by atoms with Gasteiger partial charge in [-0.2, -0.15) is 0 Å². The SMILES string of the molecule is C[C@@H]1CO[C@H](O[C@@H]2[C@@H](O)[C@H](O[C@H]3OC(CNC(=O)OCc4ccc([N+](=O)[O-])cc4)=CC[C@H]3NCC3COC(C)(C)N3C(=O)OC(C)(C)C)[C@@H](NC(=O)OC(C)(C)C)C[C@H]2NC(=O)[C@@H](O)CCNC(=O)OC(C)(C)C)[C@H](O)[C@H]1N(C)C(=O)OC(C)(C)C. The van der Waals surface area contributed by atoms with Crippen LogP contribution in [0.1, 0.15) is 129 Å². The Morgan fingerprint density at radius 1 is 0.779 bits per heavy atom. The van der Waals surface area contributed by atoms with Crippen LogP contribution in [0.5, 0.6) is 0 Å². The van der Waals surface area contributed by atoms with E-state index in [0.717, 1.165) is 0 Å². The minimum atomic E-state index is -1.91. The van der Waals surface area contributed by atoms with Crippen molar-refractivity contribution in [3.63, 3.8) is 0 Å². The van der Waals surface area contributed by atoms with Gasteiger partial charge in [-0.05, 0) is 140 Å². The summed E-state index contributed by atoms with van der Waals surface area (Å²) in [5, 5.41) is 61.4. The van der Waals surface area contributed by atoms with Gasteiger partial charge < -0.3 is 94.2 Å². The van der Waals surface area contributed by atoms with E-state index in [1.165, 1.54) is 41.1 Å². The number of hydrogen-bond acceptors (Lipinski definition) is 22. The zero-order valence-electron chi connectivity index (χ0n) is 52.3. The summed E-state index contributed by atoms with van der Waals surface area (Å²) >= 11 is 0. The van der Waals surface area contributed by atoms with E-state index in [1.54, 1.807) is 110 Å². The first-order valence-corrected chi connectivity index (χ1v) is 28.8. The number of alkyl carbamates (subject to hydrolysis) is 3. The molecule has 0 aromatic heterocycles. The van der Waals surface area contributed by atoms with Crippen molar-refractivity contribution in [3.8, 4) is 0 Å². The van der Waals surface area contributed by atoms with Gasteiger partial charge in [-0.25, -0.2) is 24.0 Å². The predicted molar refractivity (Wildman–Crippen MR) is 306 cm³/mol. The van der Waals surface area contributed by atoms with Crippen molar-refractivity contribution in [1.82, 2.24) is 36.4 Å². The first-order valence-electron chi connectivity index (χ1n) is 28.8. The molecule has 0 spiro atoms. The molecule has 8 N–H and O–H groups in total. The van der Waals surface area contributed by atoms with Crippen molar-refractivity contribution < 1.29 is 96.4 Å². The van der Waals surface area contributed by atoms with E-state index in [2.05, 4.69) is 26.6 Å². The van der Waals surface area contributed by atoms with Gasteiger partial charge >= 0.3 is 30.5 Å². The summed E-state index contributed by atoms with van der Waals surface area (Å²) in [7, 11) is 1.45. The van der Waals surface area contributed by atoms with Crippen LogP contribution in [0.15, 0.2) is 36.1 Å². The molecule has 1 unspecified atom stereocenters. The molecule has 3 aliphatic heterocycles. The Kier molecular flexibility index (Phi) is 23.8. The van der Waals surface area contributed by atoms with Crippen LogP contribution in [0.2, 0.25) is 0 Å². The summed E-state index contributed by atoms with van der Waals surface area (Å²) in [4.78, 5) is 93.9. The maximum atomic E-state index is 14.0. The molecule has 5 rings (SSSR count). The quantitative estimate of drug-likeness (QED) is 0.0534. The molecule has 2 saturated heterocycles. The summed E-state index contributed by atoms with van der Waals surface area (Å²) < 4.78 is 59.7. The van der Waals surface area contributed by atoms with Gasteiger partial charge in [-0.15, -0.1) is 0 Å². The summed E-state index contributed by atoms with van der Waals surface area (Å²) in [5.41, 5.74) is -4.37. The van der Waals surface area contributed by atoms with E-state index < -0.39 is 149 Å². The number of nitro groups is 1. The van der Waals surface area contributed by atoms with E-state index in [-0.39, 0.29) is 70.2 Å². The summed E-state index contributed by atoms with van der Waals surface area (Å²) in [6.45, 7) is 24.8. The Hall–Kier alpha value is -6.34. The smallest absolute Gasteiger partial charge is 0.412 e. The highest BCUT2D eigenvalue weighted by molar-refractivity contribution is 5.81. The van der Waals surface area contributed by atoms with E-state index in [1.807, 2.05) is 0 Å². The summed E-state index contributed by atoms with van der Waals surface area (Å²) in [5.74, 6) is -1.31. The number of rotatable bonds is 19. The van der Waals surface area contributed by atoms with Gasteiger partial charge in [-0.3, -0.25) is 19.8 Å². The fraction of sp³-hybridized carbons (Fsp3) is 0.754. The number of aliphatic hydroxyl groups excluding tert-OH is 3. The highest BCUT2D eigenvalue weighted by Gasteiger charge is 2.53. The molecule has 1 saturated carbocycles. The molecule has 13 atom stereocenters. The summed E-state index contributed by atoms with van der Waals surface area (Å²) in [6, 6.07) is 0.389. The maximum absolute atomic E-state index is 14.0. The second kappa shape index (κ2) is 29.1. The fourth-order valence-corrected chi connectivity index (χ4v) is 9.91. The van der Waals surface area contributed by atoms with Crippen LogP contribution in [0.3, 0.4) is 0 Å². The molecule has 1 aliphatic carbocycles. The molecule has 4 aliphatic rings. The van der Waals surface area contributed by atoms with Crippen molar-refractivity contribution in [2.45, 2.75) is 231 Å². The van der Waals surface area contributed by atoms with Gasteiger partial charge in [0.2, 0.25) is 12.2 Å². The highest BCUT2D eigenvalue weighted by atomic mass is 16.7. The standard InChI is InChI=1S/C57H92N8O21/c1-31-28-77-47(41(67)40(31)63(16)51(73)85-55(8,9)10)82-43-37(61-45(69)39(66)23-24-58-49(71)83-53(2,3)4)25-38(62-50(72)84-54(5,6)7)44(42(43)68)81-46-36(59-26-34-30-79-57(14,15)64(34)52(74)86-56(11,12)13)22-21-35(80-46)27-60-48(70)78-29-32-17-19-33(20-18-32)65(75)76/h17-21,31,34,36-44,46-47,59,66-68H,22-30H2,1-16H3,(H,58,71)(H,60,70)(H,61,69)(H,62,72)/t31-,34?,36-,37-,38+,39+,40+,41-,42-,43+,44-,46-,47-/m1/s1. The van der Waals surface area contributed by atoms with Crippen LogP contribution in [-0.4, -0.2) is 208 Å². The van der Waals surface area contributed by atoms with E-state index >= 15 is 0 Å². The predicted octanol–water partition coefficient (Wildman–Crippen LogP) is 4.56. The molecular formula is C57H92N8O21. The molecule has 29 heteroatoms. The molecule has 0 radical (unpaired) electrons.